The average Bonchev–Trinajstić information content (AvgIpc) is 3.31. The fourth-order valence-corrected chi connectivity index (χ4v) is 3.78. The summed E-state index contributed by atoms with van der Waals surface area (Å²) in [5.41, 5.74) is 6.85. The lowest BCUT2D eigenvalue weighted by molar-refractivity contribution is -0.129. The summed E-state index contributed by atoms with van der Waals surface area (Å²) in [6.07, 6.45) is 2.36. The first-order chi connectivity index (χ1) is 14.9. The molecule has 2 aromatic heterocycles. The summed E-state index contributed by atoms with van der Waals surface area (Å²) < 4.78 is 3.71. The Morgan fingerprint density at radius 2 is 1.61 bits per heavy atom. The molecule has 2 aromatic carbocycles. The molecule has 6 nitrogen and oxygen atoms in total. The summed E-state index contributed by atoms with van der Waals surface area (Å²) in [4.78, 5) is 14.8. The number of rotatable bonds is 6. The van der Waals surface area contributed by atoms with E-state index in [0.29, 0.717) is 13.0 Å². The molecule has 0 fully saturated rings. The van der Waals surface area contributed by atoms with Gasteiger partial charge in [0.1, 0.15) is 0 Å². The molecule has 158 valence electrons. The van der Waals surface area contributed by atoms with Gasteiger partial charge in [-0.25, -0.2) is 4.68 Å². The largest absolute Gasteiger partial charge is 0.341 e. The highest BCUT2D eigenvalue weighted by molar-refractivity contribution is 5.79. The van der Waals surface area contributed by atoms with Crippen molar-refractivity contribution >= 4 is 5.91 Å². The van der Waals surface area contributed by atoms with Crippen molar-refractivity contribution < 1.29 is 4.79 Å². The first-order valence-electron chi connectivity index (χ1n) is 10.4. The Bertz CT molecular complexity index is 1190. The van der Waals surface area contributed by atoms with Crippen molar-refractivity contribution in [3.8, 4) is 16.9 Å². The number of nitrogens with zero attached hydrogens (tertiary/aromatic N) is 5. The highest BCUT2D eigenvalue weighted by Crippen LogP contribution is 2.25. The van der Waals surface area contributed by atoms with Gasteiger partial charge in [-0.3, -0.25) is 9.48 Å². The van der Waals surface area contributed by atoms with Gasteiger partial charge in [0, 0.05) is 49.2 Å². The van der Waals surface area contributed by atoms with Gasteiger partial charge in [-0.05, 0) is 26.0 Å². The molecule has 1 amide bonds. The summed E-state index contributed by atoms with van der Waals surface area (Å²) in [6, 6.07) is 20.1. The van der Waals surface area contributed by atoms with E-state index in [-0.39, 0.29) is 5.91 Å². The minimum absolute atomic E-state index is 0.0608. The van der Waals surface area contributed by atoms with Crippen LogP contribution in [0.15, 0.2) is 66.9 Å². The van der Waals surface area contributed by atoms with Crippen LogP contribution in [0.4, 0.5) is 0 Å². The quantitative estimate of drug-likeness (QED) is 0.478. The Morgan fingerprint density at radius 1 is 0.968 bits per heavy atom. The molecule has 0 saturated heterocycles. The van der Waals surface area contributed by atoms with E-state index in [1.165, 1.54) is 0 Å². The van der Waals surface area contributed by atoms with Crippen molar-refractivity contribution in [1.29, 1.82) is 0 Å². The number of aromatic nitrogens is 4. The fourth-order valence-electron chi connectivity index (χ4n) is 3.78. The number of amides is 1. The standard InChI is InChI=1S/C25H27N5O/c1-18-23(19(2)29(4)26-18)15-24(31)28(3)16-21-17-30(22-13-9-6-10-14-22)27-25(21)20-11-7-5-8-12-20/h5-14,17H,15-16H2,1-4H3. The summed E-state index contributed by atoms with van der Waals surface area (Å²) in [5, 5.41) is 9.27. The second kappa shape index (κ2) is 8.60. The van der Waals surface area contributed by atoms with Crippen molar-refractivity contribution in [1.82, 2.24) is 24.5 Å². The van der Waals surface area contributed by atoms with Crippen molar-refractivity contribution in [2.24, 2.45) is 7.05 Å². The SMILES string of the molecule is Cc1nn(C)c(C)c1CC(=O)N(C)Cc1cn(-c2ccccc2)nc1-c1ccccc1. The lowest BCUT2D eigenvalue weighted by Gasteiger charge is -2.17. The van der Waals surface area contributed by atoms with Crippen LogP contribution in [0.25, 0.3) is 16.9 Å². The second-order valence-corrected chi connectivity index (χ2v) is 7.85. The summed E-state index contributed by atoms with van der Waals surface area (Å²) in [6.45, 7) is 4.43. The van der Waals surface area contributed by atoms with Crippen LogP contribution in [0.1, 0.15) is 22.5 Å². The van der Waals surface area contributed by atoms with E-state index in [2.05, 4.69) is 5.10 Å². The first kappa shape index (κ1) is 20.6. The zero-order valence-corrected chi connectivity index (χ0v) is 18.4. The molecule has 31 heavy (non-hydrogen) atoms. The van der Waals surface area contributed by atoms with Gasteiger partial charge in [-0.1, -0.05) is 48.5 Å². The minimum Gasteiger partial charge on any atom is -0.341 e. The molecule has 0 aliphatic heterocycles. The molecule has 0 unspecified atom stereocenters. The number of aryl methyl sites for hydroxylation is 2. The van der Waals surface area contributed by atoms with Gasteiger partial charge in [0.25, 0.3) is 0 Å². The maximum atomic E-state index is 13.0. The van der Waals surface area contributed by atoms with E-state index in [9.17, 15) is 4.79 Å². The molecule has 0 saturated carbocycles. The van der Waals surface area contributed by atoms with Gasteiger partial charge in [0.2, 0.25) is 5.91 Å². The number of carbonyl (C=O) groups is 1. The summed E-state index contributed by atoms with van der Waals surface area (Å²) in [5.74, 6) is 0.0608. The van der Waals surface area contributed by atoms with Crippen molar-refractivity contribution in [2.45, 2.75) is 26.8 Å². The van der Waals surface area contributed by atoms with Gasteiger partial charge >= 0.3 is 0 Å². The van der Waals surface area contributed by atoms with E-state index in [1.54, 1.807) is 4.90 Å². The van der Waals surface area contributed by atoms with Crippen LogP contribution in [0.3, 0.4) is 0 Å². The van der Waals surface area contributed by atoms with Crippen LogP contribution in [-0.4, -0.2) is 37.4 Å². The molecule has 0 radical (unpaired) electrons. The molecule has 0 bridgehead atoms. The topological polar surface area (TPSA) is 56.0 Å². The van der Waals surface area contributed by atoms with E-state index >= 15 is 0 Å². The van der Waals surface area contributed by atoms with Crippen molar-refractivity contribution in [2.75, 3.05) is 7.05 Å². The van der Waals surface area contributed by atoms with Gasteiger partial charge in [0.05, 0.1) is 23.5 Å². The third kappa shape index (κ3) is 4.28. The Balaban J connectivity index is 1.62. The number of hydrogen-bond donors (Lipinski definition) is 0. The summed E-state index contributed by atoms with van der Waals surface area (Å²) >= 11 is 0. The molecule has 0 spiro atoms. The third-order valence-electron chi connectivity index (χ3n) is 5.68. The number of hydrogen-bond acceptors (Lipinski definition) is 3. The van der Waals surface area contributed by atoms with Gasteiger partial charge in [-0.2, -0.15) is 10.2 Å². The molecule has 0 N–H and O–H groups in total. The number of likely N-dealkylation sites (N-methyl/N-ethyl adjacent to an activating group) is 1. The molecule has 2 heterocycles. The van der Waals surface area contributed by atoms with Crippen molar-refractivity contribution in [3.63, 3.8) is 0 Å². The van der Waals surface area contributed by atoms with Crippen LogP contribution in [-0.2, 0) is 24.8 Å². The first-order valence-corrected chi connectivity index (χ1v) is 10.4. The Labute approximate surface area is 182 Å². The highest BCUT2D eigenvalue weighted by atomic mass is 16.2. The van der Waals surface area contributed by atoms with Crippen LogP contribution in [0.5, 0.6) is 0 Å². The lowest BCUT2D eigenvalue weighted by atomic mass is 10.1. The van der Waals surface area contributed by atoms with E-state index < -0.39 is 0 Å². The number of para-hydroxylation sites is 1. The number of benzene rings is 2. The van der Waals surface area contributed by atoms with Gasteiger partial charge < -0.3 is 4.90 Å². The summed E-state index contributed by atoms with van der Waals surface area (Å²) in [7, 11) is 3.75. The average molecular weight is 414 g/mol. The molecule has 4 aromatic rings. The predicted molar refractivity (Wildman–Crippen MR) is 122 cm³/mol. The highest BCUT2D eigenvalue weighted by Gasteiger charge is 2.19. The molecule has 4 rings (SSSR count). The van der Waals surface area contributed by atoms with Crippen LogP contribution in [0, 0.1) is 13.8 Å². The molecule has 0 aliphatic rings. The van der Waals surface area contributed by atoms with E-state index in [1.807, 2.05) is 104 Å². The number of carbonyl (C=O) groups excluding carboxylic acids is 1. The molecule has 0 aliphatic carbocycles. The fraction of sp³-hybridized carbons (Fsp3) is 0.240. The molecule has 6 heteroatoms. The van der Waals surface area contributed by atoms with Gasteiger partial charge in [-0.15, -0.1) is 0 Å². The smallest absolute Gasteiger partial charge is 0.227 e. The van der Waals surface area contributed by atoms with Crippen molar-refractivity contribution in [3.05, 3.63) is 89.4 Å². The Hall–Kier alpha value is -3.67. The predicted octanol–water partition coefficient (Wildman–Crippen LogP) is 4.09. The van der Waals surface area contributed by atoms with Gasteiger partial charge in [0.15, 0.2) is 0 Å². The zero-order valence-electron chi connectivity index (χ0n) is 18.4. The minimum atomic E-state index is 0.0608. The molecular formula is C25H27N5O. The normalized spacial score (nSPS) is 11.0. The van der Waals surface area contributed by atoms with E-state index in [4.69, 9.17) is 5.10 Å². The second-order valence-electron chi connectivity index (χ2n) is 7.85. The maximum absolute atomic E-state index is 13.0. The maximum Gasteiger partial charge on any atom is 0.227 e. The molecular weight excluding hydrogens is 386 g/mol. The Morgan fingerprint density at radius 3 is 2.23 bits per heavy atom. The zero-order chi connectivity index (χ0) is 22.0. The third-order valence-corrected chi connectivity index (χ3v) is 5.68. The monoisotopic (exact) mass is 413 g/mol. The van der Waals surface area contributed by atoms with Crippen LogP contribution in [0.2, 0.25) is 0 Å². The van der Waals surface area contributed by atoms with Crippen LogP contribution >= 0.6 is 0 Å². The van der Waals surface area contributed by atoms with E-state index in [0.717, 1.165) is 39.5 Å². The lowest BCUT2D eigenvalue weighted by Crippen LogP contribution is -2.28. The molecule has 0 atom stereocenters. The Kier molecular flexibility index (Phi) is 5.71. The van der Waals surface area contributed by atoms with Crippen LogP contribution < -0.4 is 0 Å².